The van der Waals surface area contributed by atoms with Crippen LogP contribution in [0.1, 0.15) is 57.0 Å². The lowest BCUT2D eigenvalue weighted by atomic mass is 9.86. The molecule has 0 fully saturated rings. The molecule has 4 heteroatoms. The molecule has 2 heterocycles. The standard InChI is InChI=1S/C24H25N3O/c1-4-5-9-14-27-21-16-20-19(15-18(21)24(2,3)23(27)28)25-22(26-20)13-12-17-10-7-6-8-11-17/h6-8,10-11,15-16H,4-5,9,14H2,1-3H3,(H,25,26). The SMILES string of the molecule is CCCCCN1C(=O)C(C)(C)c2cc3[nH]c(C#Cc4ccccc4)nc3cc21. The van der Waals surface area contributed by atoms with Crippen LogP contribution in [0.3, 0.4) is 0 Å². The highest BCUT2D eigenvalue weighted by Crippen LogP contribution is 2.43. The van der Waals surface area contributed by atoms with E-state index in [-0.39, 0.29) is 5.91 Å². The van der Waals surface area contributed by atoms with E-state index in [1.807, 2.05) is 55.1 Å². The third kappa shape index (κ3) is 3.18. The molecule has 0 saturated heterocycles. The number of H-pyrrole nitrogens is 1. The second kappa shape index (κ2) is 7.16. The van der Waals surface area contributed by atoms with Crippen molar-refractivity contribution in [1.29, 1.82) is 0 Å². The maximum atomic E-state index is 13.0. The number of hydrogen-bond acceptors (Lipinski definition) is 2. The molecule has 28 heavy (non-hydrogen) atoms. The van der Waals surface area contributed by atoms with Crippen LogP contribution in [0, 0.1) is 11.8 Å². The number of aromatic amines is 1. The van der Waals surface area contributed by atoms with Crippen LogP contribution in [-0.2, 0) is 10.2 Å². The van der Waals surface area contributed by atoms with Crippen molar-refractivity contribution in [3.8, 4) is 11.8 Å². The Kier molecular flexibility index (Phi) is 4.68. The lowest BCUT2D eigenvalue weighted by molar-refractivity contribution is -0.122. The lowest BCUT2D eigenvalue weighted by Gasteiger charge is -2.20. The molecular formula is C24H25N3O. The minimum atomic E-state index is -0.517. The number of nitrogens with zero attached hydrogens (tertiary/aromatic N) is 2. The summed E-state index contributed by atoms with van der Waals surface area (Å²) in [6, 6.07) is 14.0. The van der Waals surface area contributed by atoms with Gasteiger partial charge in [-0.2, -0.15) is 0 Å². The number of benzene rings is 2. The van der Waals surface area contributed by atoms with Crippen molar-refractivity contribution in [2.24, 2.45) is 0 Å². The number of carbonyl (C=O) groups excluding carboxylic acids is 1. The Labute approximate surface area is 166 Å². The van der Waals surface area contributed by atoms with Gasteiger partial charge < -0.3 is 9.88 Å². The van der Waals surface area contributed by atoms with Crippen LogP contribution in [0.15, 0.2) is 42.5 Å². The van der Waals surface area contributed by atoms with Gasteiger partial charge in [-0.3, -0.25) is 4.79 Å². The Morgan fingerprint density at radius 2 is 1.89 bits per heavy atom. The van der Waals surface area contributed by atoms with Crippen LogP contribution in [-0.4, -0.2) is 22.4 Å². The van der Waals surface area contributed by atoms with Crippen LogP contribution in [0.25, 0.3) is 11.0 Å². The first-order valence-corrected chi connectivity index (χ1v) is 9.94. The molecule has 142 valence electrons. The monoisotopic (exact) mass is 371 g/mol. The fourth-order valence-electron chi connectivity index (χ4n) is 3.79. The summed E-state index contributed by atoms with van der Waals surface area (Å²) < 4.78 is 0. The average Bonchev–Trinajstić information content (AvgIpc) is 3.18. The highest BCUT2D eigenvalue weighted by Gasteiger charge is 2.43. The van der Waals surface area contributed by atoms with Crippen molar-refractivity contribution < 1.29 is 4.79 Å². The highest BCUT2D eigenvalue weighted by molar-refractivity contribution is 6.09. The van der Waals surface area contributed by atoms with E-state index in [1.54, 1.807) is 0 Å². The summed E-state index contributed by atoms with van der Waals surface area (Å²) in [6.07, 6.45) is 3.29. The average molecular weight is 371 g/mol. The van der Waals surface area contributed by atoms with E-state index in [4.69, 9.17) is 0 Å². The molecule has 1 N–H and O–H groups in total. The highest BCUT2D eigenvalue weighted by atomic mass is 16.2. The van der Waals surface area contributed by atoms with Crippen molar-refractivity contribution in [3.05, 3.63) is 59.4 Å². The molecule has 0 bridgehead atoms. The Morgan fingerprint density at radius 3 is 2.64 bits per heavy atom. The molecule has 3 aromatic rings. The molecule has 2 aromatic carbocycles. The van der Waals surface area contributed by atoms with E-state index in [0.717, 1.165) is 53.7 Å². The number of amides is 1. The Morgan fingerprint density at radius 1 is 1.11 bits per heavy atom. The van der Waals surface area contributed by atoms with E-state index in [0.29, 0.717) is 5.82 Å². The van der Waals surface area contributed by atoms with E-state index in [2.05, 4.69) is 34.8 Å². The minimum absolute atomic E-state index is 0.176. The zero-order valence-corrected chi connectivity index (χ0v) is 16.7. The predicted octanol–water partition coefficient (Wildman–Crippen LogP) is 4.78. The first kappa shape index (κ1) is 18.3. The summed E-state index contributed by atoms with van der Waals surface area (Å²) in [7, 11) is 0. The second-order valence-corrected chi connectivity index (χ2v) is 7.88. The Bertz CT molecular complexity index is 1080. The molecule has 0 spiro atoms. The first-order valence-electron chi connectivity index (χ1n) is 9.94. The van der Waals surface area contributed by atoms with Crippen LogP contribution >= 0.6 is 0 Å². The number of fused-ring (bicyclic) bond motifs is 2. The zero-order valence-electron chi connectivity index (χ0n) is 16.7. The smallest absolute Gasteiger partial charge is 0.237 e. The van der Waals surface area contributed by atoms with Crippen LogP contribution < -0.4 is 4.90 Å². The number of unbranched alkanes of at least 4 members (excludes halogenated alkanes) is 2. The van der Waals surface area contributed by atoms with Gasteiger partial charge in [0.2, 0.25) is 5.91 Å². The van der Waals surface area contributed by atoms with Gasteiger partial charge in [-0.15, -0.1) is 0 Å². The molecule has 0 unspecified atom stereocenters. The largest absolute Gasteiger partial charge is 0.331 e. The van der Waals surface area contributed by atoms with Crippen molar-refractivity contribution in [2.75, 3.05) is 11.4 Å². The lowest BCUT2D eigenvalue weighted by Crippen LogP contribution is -2.36. The maximum absolute atomic E-state index is 13.0. The van der Waals surface area contributed by atoms with Crippen LogP contribution in [0.5, 0.6) is 0 Å². The minimum Gasteiger partial charge on any atom is -0.331 e. The van der Waals surface area contributed by atoms with Crippen LogP contribution in [0.4, 0.5) is 5.69 Å². The van der Waals surface area contributed by atoms with E-state index >= 15 is 0 Å². The van der Waals surface area contributed by atoms with E-state index < -0.39 is 5.41 Å². The van der Waals surface area contributed by atoms with Crippen LogP contribution in [0.2, 0.25) is 0 Å². The second-order valence-electron chi connectivity index (χ2n) is 7.88. The van der Waals surface area contributed by atoms with Gasteiger partial charge in [0.15, 0.2) is 5.82 Å². The van der Waals surface area contributed by atoms with Gasteiger partial charge in [0, 0.05) is 12.1 Å². The number of hydrogen-bond donors (Lipinski definition) is 1. The normalized spacial score (nSPS) is 14.8. The predicted molar refractivity (Wildman–Crippen MR) is 113 cm³/mol. The number of imidazole rings is 1. The summed E-state index contributed by atoms with van der Waals surface area (Å²) >= 11 is 0. The van der Waals surface area contributed by atoms with Gasteiger partial charge in [0.05, 0.1) is 22.1 Å². The molecular weight excluding hydrogens is 346 g/mol. The first-order chi connectivity index (χ1) is 13.5. The molecule has 0 radical (unpaired) electrons. The third-order valence-electron chi connectivity index (χ3n) is 5.43. The van der Waals surface area contributed by atoms with Gasteiger partial charge in [0.25, 0.3) is 0 Å². The molecule has 4 rings (SSSR count). The molecule has 0 aliphatic carbocycles. The van der Waals surface area contributed by atoms with E-state index in [1.165, 1.54) is 0 Å². The van der Waals surface area contributed by atoms with Crippen molar-refractivity contribution in [3.63, 3.8) is 0 Å². The molecule has 0 saturated carbocycles. The molecule has 1 aliphatic rings. The van der Waals surface area contributed by atoms with Crippen molar-refractivity contribution in [2.45, 2.75) is 45.4 Å². The van der Waals surface area contributed by atoms with Crippen molar-refractivity contribution >= 4 is 22.6 Å². The molecule has 4 nitrogen and oxygen atoms in total. The fraction of sp³-hybridized carbons (Fsp3) is 0.333. The molecule has 0 atom stereocenters. The zero-order chi connectivity index (χ0) is 19.7. The van der Waals surface area contributed by atoms with Gasteiger partial charge in [-0.1, -0.05) is 43.9 Å². The van der Waals surface area contributed by atoms with Gasteiger partial charge >= 0.3 is 0 Å². The van der Waals surface area contributed by atoms with Crippen molar-refractivity contribution in [1.82, 2.24) is 9.97 Å². The summed E-state index contributed by atoms with van der Waals surface area (Å²) in [4.78, 5) is 22.9. The van der Waals surface area contributed by atoms with Gasteiger partial charge in [-0.25, -0.2) is 4.98 Å². The summed E-state index contributed by atoms with van der Waals surface area (Å²) in [6.45, 7) is 6.95. The number of carbonyl (C=O) groups is 1. The van der Waals surface area contributed by atoms with Gasteiger partial charge in [0.1, 0.15) is 0 Å². The molecule has 1 aromatic heterocycles. The number of nitrogens with one attached hydrogen (secondary N) is 1. The Hall–Kier alpha value is -3.06. The number of rotatable bonds is 4. The van der Waals surface area contributed by atoms with E-state index in [9.17, 15) is 4.79 Å². The Balaban J connectivity index is 1.71. The van der Waals surface area contributed by atoms with Gasteiger partial charge in [-0.05, 0) is 56.0 Å². The quantitative estimate of drug-likeness (QED) is 0.530. The maximum Gasteiger partial charge on any atom is 0.237 e. The summed E-state index contributed by atoms with van der Waals surface area (Å²) in [5.41, 5.74) is 4.27. The summed E-state index contributed by atoms with van der Waals surface area (Å²) in [5.74, 6) is 7.07. The number of aromatic nitrogens is 2. The third-order valence-corrected chi connectivity index (χ3v) is 5.43. The molecule has 1 amide bonds. The topological polar surface area (TPSA) is 49.0 Å². The molecule has 1 aliphatic heterocycles. The number of anilines is 1. The fourth-order valence-corrected chi connectivity index (χ4v) is 3.79. The summed E-state index contributed by atoms with van der Waals surface area (Å²) in [5, 5.41) is 0.